The fourth-order valence-corrected chi connectivity index (χ4v) is 11.9. The van der Waals surface area contributed by atoms with Crippen molar-refractivity contribution in [3.05, 3.63) is 31.2 Å². The van der Waals surface area contributed by atoms with Gasteiger partial charge in [0.1, 0.15) is 0 Å². The van der Waals surface area contributed by atoms with Crippen molar-refractivity contribution >= 4 is 56.5 Å². The smallest absolute Gasteiger partial charge is 0.304 e. The quantitative estimate of drug-likeness (QED) is 0.382. The second-order valence-electron chi connectivity index (χ2n) is 15.4. The number of likely N-dealkylation sites (N-methyl/N-ethyl adjacent to an activating group) is 2. The Morgan fingerprint density at radius 2 is 1.34 bits per heavy atom. The largest absolute Gasteiger partial charge is 0.349 e. The fourth-order valence-electron chi connectivity index (χ4n) is 7.93. The summed E-state index contributed by atoms with van der Waals surface area (Å²) in [5.41, 5.74) is 8.13. The number of nitrogens with one attached hydrogen (secondary N) is 2. The molecule has 0 spiro atoms. The van der Waals surface area contributed by atoms with Crippen LogP contribution in [-0.4, -0.2) is 145 Å². The Balaban J connectivity index is 0.000000183. The van der Waals surface area contributed by atoms with Crippen molar-refractivity contribution in [3.63, 3.8) is 0 Å². The van der Waals surface area contributed by atoms with Crippen LogP contribution in [0.3, 0.4) is 0 Å². The van der Waals surface area contributed by atoms with Crippen LogP contribution in [-0.2, 0) is 45.7 Å². The third kappa shape index (κ3) is 8.60. The number of amides is 4. The lowest BCUT2D eigenvalue weighted by Gasteiger charge is -2.34. The van der Waals surface area contributed by atoms with Crippen molar-refractivity contribution in [3.8, 4) is 0 Å². The predicted molar refractivity (Wildman–Crippen MR) is 201 cm³/mol. The minimum Gasteiger partial charge on any atom is -0.349 e. The van der Waals surface area contributed by atoms with E-state index in [1.807, 2.05) is 7.05 Å². The first kappa shape index (κ1) is 39.6. The molecular weight excluding hydrogens is 741 g/mol. The van der Waals surface area contributed by atoms with Gasteiger partial charge in [0.15, 0.2) is 10.0 Å². The van der Waals surface area contributed by atoms with E-state index in [0.717, 1.165) is 72.4 Å². The number of rotatable bonds is 5. The molecule has 2 aromatic heterocycles. The number of hydrogen-bond acceptors (Lipinski definition) is 13. The maximum absolute atomic E-state index is 13.2. The van der Waals surface area contributed by atoms with Gasteiger partial charge in [-0.05, 0) is 52.6 Å². The Morgan fingerprint density at radius 3 is 1.92 bits per heavy atom. The molecule has 0 bridgehead atoms. The first-order chi connectivity index (χ1) is 25.0. The number of carbonyl (C=O) groups is 4. The standard InChI is InChI=1S/C17H25N5O4S2.C17H27N5O2S/c1-20(2)16(23)10-4-5-11-13(8-10)22(28(25,26)19-11)17(24)15-18-12-6-7-21(3)9-14(12)27-15;1-21(2)17(24)10-4-5-11(18)13(8-10)19-15(23)16-20-12-6-7-22(3)9-14(12)25-16/h10-11,13,19H,4-9H2,1-3H3;10-11,13H,4-9,18H2,1-3H3,(H,19,23)/t10-,11?,13+;10-,11-,13?/m00/s1. The Bertz CT molecular complexity index is 1830. The van der Waals surface area contributed by atoms with Crippen LogP contribution < -0.4 is 15.8 Å². The van der Waals surface area contributed by atoms with E-state index in [9.17, 15) is 27.6 Å². The highest BCUT2D eigenvalue weighted by molar-refractivity contribution is 7.88. The average Bonchev–Trinajstić information content (AvgIpc) is 3.80. The number of carbonyl (C=O) groups excluding carboxylic acids is 4. The van der Waals surface area contributed by atoms with Crippen molar-refractivity contribution < 1.29 is 27.6 Å². The molecule has 2 aromatic rings. The lowest BCUT2D eigenvalue weighted by molar-refractivity contribution is -0.135. The van der Waals surface area contributed by atoms with E-state index in [1.165, 1.54) is 32.5 Å². The van der Waals surface area contributed by atoms with Gasteiger partial charge in [0, 0.05) is 107 Å². The molecule has 53 heavy (non-hydrogen) atoms. The molecular formula is C34H52N10O6S3. The zero-order valence-electron chi connectivity index (χ0n) is 31.3. The summed E-state index contributed by atoms with van der Waals surface area (Å²) in [6, 6.07) is -1.20. The van der Waals surface area contributed by atoms with Crippen LogP contribution in [0.15, 0.2) is 0 Å². The molecule has 3 aliphatic heterocycles. The molecule has 2 unspecified atom stereocenters. The molecule has 292 valence electrons. The van der Waals surface area contributed by atoms with Gasteiger partial charge in [-0.15, -0.1) is 22.7 Å². The molecule has 2 saturated carbocycles. The van der Waals surface area contributed by atoms with Crippen molar-refractivity contribution in [2.75, 3.05) is 55.4 Å². The van der Waals surface area contributed by atoms with Crippen LogP contribution in [0.4, 0.5) is 0 Å². The van der Waals surface area contributed by atoms with Gasteiger partial charge in [-0.3, -0.25) is 19.2 Å². The van der Waals surface area contributed by atoms with Crippen LogP contribution in [0.1, 0.15) is 79.3 Å². The molecule has 16 nitrogen and oxygen atoms in total. The van der Waals surface area contributed by atoms with Crippen molar-refractivity contribution in [1.29, 1.82) is 0 Å². The summed E-state index contributed by atoms with van der Waals surface area (Å²) in [7, 11) is 7.06. The van der Waals surface area contributed by atoms with Gasteiger partial charge in [-0.1, -0.05) is 0 Å². The normalized spacial score (nSPS) is 28.1. The van der Waals surface area contributed by atoms with Crippen LogP contribution in [0.2, 0.25) is 0 Å². The third-order valence-corrected chi connectivity index (χ3v) is 14.6. The highest BCUT2D eigenvalue weighted by Crippen LogP contribution is 2.37. The molecule has 0 aromatic carbocycles. The molecule has 2 aliphatic carbocycles. The number of fused-ring (bicyclic) bond motifs is 3. The van der Waals surface area contributed by atoms with E-state index in [4.69, 9.17) is 5.73 Å². The number of thiazole rings is 2. The number of nitrogens with zero attached hydrogens (tertiary/aromatic N) is 7. The van der Waals surface area contributed by atoms with Crippen LogP contribution in [0.25, 0.3) is 0 Å². The minimum absolute atomic E-state index is 0.0251. The van der Waals surface area contributed by atoms with Gasteiger partial charge in [-0.2, -0.15) is 13.1 Å². The molecule has 4 N–H and O–H groups in total. The summed E-state index contributed by atoms with van der Waals surface area (Å²) in [5, 5.41) is 3.75. The number of aromatic nitrogens is 2. The zero-order valence-corrected chi connectivity index (χ0v) is 33.8. The van der Waals surface area contributed by atoms with E-state index < -0.39 is 22.2 Å². The third-order valence-electron chi connectivity index (χ3n) is 10.9. The molecule has 19 heteroatoms. The lowest BCUT2D eigenvalue weighted by Crippen LogP contribution is -2.52. The second-order valence-corrected chi connectivity index (χ2v) is 19.1. The molecule has 5 heterocycles. The topological polar surface area (TPSA) is 194 Å². The van der Waals surface area contributed by atoms with Gasteiger partial charge in [-0.25, -0.2) is 14.3 Å². The molecule has 5 aliphatic rings. The van der Waals surface area contributed by atoms with E-state index in [-0.39, 0.29) is 52.7 Å². The Hall–Kier alpha value is -3.07. The van der Waals surface area contributed by atoms with E-state index >= 15 is 0 Å². The molecule has 7 rings (SSSR count). The van der Waals surface area contributed by atoms with Crippen LogP contribution >= 0.6 is 22.7 Å². The zero-order chi connectivity index (χ0) is 38.4. The summed E-state index contributed by atoms with van der Waals surface area (Å²) in [4.78, 5) is 69.1. The first-order valence-electron chi connectivity index (χ1n) is 18.2. The predicted octanol–water partition coefficient (Wildman–Crippen LogP) is 0.492. The summed E-state index contributed by atoms with van der Waals surface area (Å²) >= 11 is 2.74. The Morgan fingerprint density at radius 1 is 0.811 bits per heavy atom. The SMILES string of the molecule is CN1CCc2nc(C(=O)N3[C@@H]4C[C@@H](C(=O)N(C)C)CCC4NS3(=O)=O)sc2C1.CN1CCc2nc(C(=O)NC3C[C@@H](C(=O)N(C)C)CC[C@@H]3N)sc2C1. The first-order valence-corrected chi connectivity index (χ1v) is 21.3. The molecule has 1 saturated heterocycles. The molecule has 6 atom stereocenters. The molecule has 0 radical (unpaired) electrons. The maximum atomic E-state index is 13.2. The summed E-state index contributed by atoms with van der Waals surface area (Å²) in [6.45, 7) is 3.41. The van der Waals surface area contributed by atoms with Gasteiger partial charge in [0.25, 0.3) is 11.8 Å². The van der Waals surface area contributed by atoms with Gasteiger partial charge in [0.2, 0.25) is 11.8 Å². The summed E-state index contributed by atoms with van der Waals surface area (Å²) < 4.78 is 29.0. The van der Waals surface area contributed by atoms with Crippen molar-refractivity contribution in [2.24, 2.45) is 17.6 Å². The highest BCUT2D eigenvalue weighted by Gasteiger charge is 2.51. The summed E-state index contributed by atoms with van der Waals surface area (Å²) in [6.07, 6.45) is 5.25. The average molecular weight is 793 g/mol. The lowest BCUT2D eigenvalue weighted by atomic mass is 9.82. The van der Waals surface area contributed by atoms with E-state index in [2.05, 4.69) is 36.9 Å². The van der Waals surface area contributed by atoms with Gasteiger partial charge >= 0.3 is 10.2 Å². The Kier molecular flexibility index (Phi) is 11.9. The van der Waals surface area contributed by atoms with Crippen molar-refractivity contribution in [1.82, 2.24) is 43.9 Å². The second kappa shape index (κ2) is 16.0. The number of hydrogen-bond donors (Lipinski definition) is 3. The minimum atomic E-state index is -3.93. The fraction of sp³-hybridized carbons (Fsp3) is 0.706. The van der Waals surface area contributed by atoms with Crippen molar-refractivity contribution in [2.45, 2.75) is 88.6 Å². The Labute approximate surface area is 319 Å². The van der Waals surface area contributed by atoms with Gasteiger partial charge in [0.05, 0.1) is 17.4 Å². The molecule has 4 amide bonds. The highest BCUT2D eigenvalue weighted by atomic mass is 32.2. The summed E-state index contributed by atoms with van der Waals surface area (Å²) in [5.74, 6) is -1.01. The number of nitrogens with two attached hydrogens (primary N) is 1. The van der Waals surface area contributed by atoms with Crippen LogP contribution in [0.5, 0.6) is 0 Å². The maximum Gasteiger partial charge on any atom is 0.304 e. The van der Waals surface area contributed by atoms with E-state index in [0.29, 0.717) is 30.7 Å². The van der Waals surface area contributed by atoms with Gasteiger partial charge < -0.3 is 30.7 Å². The van der Waals surface area contributed by atoms with Crippen LogP contribution in [0, 0.1) is 11.8 Å². The monoisotopic (exact) mass is 792 g/mol. The van der Waals surface area contributed by atoms with E-state index in [1.54, 1.807) is 33.1 Å². The molecule has 3 fully saturated rings.